The van der Waals surface area contributed by atoms with Crippen LogP contribution < -0.4 is 10.2 Å². The van der Waals surface area contributed by atoms with Crippen LogP contribution in [-0.2, 0) is 29.1 Å². The summed E-state index contributed by atoms with van der Waals surface area (Å²) in [6.45, 7) is 1.84. The van der Waals surface area contributed by atoms with Crippen molar-refractivity contribution < 1.29 is 14.0 Å². The van der Waals surface area contributed by atoms with Crippen LogP contribution in [0, 0.1) is 5.82 Å². The number of hydrogen-bond donors (Lipinski definition) is 1. The minimum atomic E-state index is -0.833. The first-order valence-electron chi connectivity index (χ1n) is 12.9. The Morgan fingerprint density at radius 3 is 2.54 bits per heavy atom. The van der Waals surface area contributed by atoms with Gasteiger partial charge in [-0.25, -0.2) is 4.39 Å². The van der Waals surface area contributed by atoms with Crippen LogP contribution in [0.3, 0.4) is 0 Å². The molecule has 0 spiro atoms. The molecule has 1 aliphatic heterocycles. The zero-order chi connectivity index (χ0) is 27.2. The van der Waals surface area contributed by atoms with E-state index in [4.69, 9.17) is 11.6 Å². The van der Waals surface area contributed by atoms with Gasteiger partial charge in [0.2, 0.25) is 11.8 Å². The predicted molar refractivity (Wildman–Crippen MR) is 154 cm³/mol. The fourth-order valence-corrected chi connectivity index (χ4v) is 5.94. The van der Waals surface area contributed by atoms with Crippen molar-refractivity contribution >= 4 is 40.4 Å². The number of nitrogens with zero attached hydrogens (tertiary/aromatic N) is 2. The number of rotatable bonds is 10. The summed E-state index contributed by atoms with van der Waals surface area (Å²) in [5, 5.41) is 5.40. The number of para-hydroxylation sites is 1. The lowest BCUT2D eigenvalue weighted by atomic mass is 10.1. The molecule has 3 aromatic carbocycles. The van der Waals surface area contributed by atoms with Gasteiger partial charge in [0, 0.05) is 48.2 Å². The van der Waals surface area contributed by atoms with Gasteiger partial charge in [0.1, 0.15) is 11.9 Å². The lowest BCUT2D eigenvalue weighted by molar-refractivity contribution is -0.141. The molecule has 5 rings (SSSR count). The minimum absolute atomic E-state index is 0.130. The second kappa shape index (κ2) is 12.5. The first-order chi connectivity index (χ1) is 19.0. The molecule has 0 saturated carbocycles. The molecule has 1 aliphatic rings. The van der Waals surface area contributed by atoms with E-state index in [0.29, 0.717) is 11.6 Å². The highest BCUT2D eigenvalue weighted by Crippen LogP contribution is 2.31. The van der Waals surface area contributed by atoms with Gasteiger partial charge >= 0.3 is 0 Å². The van der Waals surface area contributed by atoms with Crippen molar-refractivity contribution in [1.82, 2.24) is 10.2 Å². The van der Waals surface area contributed by atoms with Gasteiger partial charge in [0.05, 0.1) is 0 Å². The molecule has 8 heteroatoms. The molecule has 1 atom stereocenters. The Morgan fingerprint density at radius 2 is 1.77 bits per heavy atom. The highest BCUT2D eigenvalue weighted by atomic mass is 35.5. The number of hydrogen-bond acceptors (Lipinski definition) is 4. The first-order valence-corrected chi connectivity index (χ1v) is 14.2. The number of carbonyl (C=O) groups excluding carboxylic acids is 2. The zero-order valence-corrected chi connectivity index (χ0v) is 22.9. The molecule has 4 aromatic rings. The van der Waals surface area contributed by atoms with Crippen LogP contribution in [0.5, 0.6) is 0 Å². The third kappa shape index (κ3) is 6.49. The van der Waals surface area contributed by atoms with E-state index in [0.717, 1.165) is 34.7 Å². The summed E-state index contributed by atoms with van der Waals surface area (Å²) >= 11 is 7.93. The molecule has 0 fully saturated rings. The number of benzene rings is 3. The Labute approximate surface area is 236 Å². The van der Waals surface area contributed by atoms with Crippen LogP contribution in [0.1, 0.15) is 34.0 Å². The molecular weight excluding hydrogens is 533 g/mol. The molecular formula is C31H29ClFN3O2S. The molecule has 0 bridgehead atoms. The number of nitrogens with one attached hydrogen (secondary N) is 1. The maximum Gasteiger partial charge on any atom is 0.248 e. The van der Waals surface area contributed by atoms with Crippen molar-refractivity contribution in [3.8, 4) is 0 Å². The van der Waals surface area contributed by atoms with Crippen LogP contribution in [0.15, 0.2) is 90.3 Å². The summed E-state index contributed by atoms with van der Waals surface area (Å²) in [5.74, 6) is -0.762. The van der Waals surface area contributed by atoms with Crippen molar-refractivity contribution in [3.05, 3.63) is 123 Å². The van der Waals surface area contributed by atoms with E-state index in [2.05, 4.69) is 22.3 Å². The Hall–Kier alpha value is -3.68. The molecule has 200 valence electrons. The van der Waals surface area contributed by atoms with E-state index in [1.807, 2.05) is 47.8 Å². The summed E-state index contributed by atoms with van der Waals surface area (Å²) in [5.41, 5.74) is 3.99. The number of amides is 2. The maximum absolute atomic E-state index is 13.9. The summed E-state index contributed by atoms with van der Waals surface area (Å²) in [4.78, 5) is 32.3. The predicted octanol–water partition coefficient (Wildman–Crippen LogP) is 6.38. The normalized spacial score (nSPS) is 13.1. The van der Waals surface area contributed by atoms with E-state index in [1.165, 1.54) is 29.0 Å². The average Bonchev–Trinajstić information content (AvgIpc) is 3.63. The van der Waals surface area contributed by atoms with Crippen LogP contribution in [0.25, 0.3) is 0 Å². The van der Waals surface area contributed by atoms with Gasteiger partial charge in [0.25, 0.3) is 0 Å². The van der Waals surface area contributed by atoms with E-state index in [-0.39, 0.29) is 37.1 Å². The van der Waals surface area contributed by atoms with Gasteiger partial charge in [-0.2, -0.15) is 0 Å². The highest BCUT2D eigenvalue weighted by molar-refractivity contribution is 7.10. The Bertz CT molecular complexity index is 1430. The highest BCUT2D eigenvalue weighted by Gasteiger charge is 2.33. The molecule has 1 aromatic heterocycles. The molecule has 0 saturated heterocycles. The molecule has 0 aliphatic carbocycles. The van der Waals surface area contributed by atoms with E-state index in [9.17, 15) is 14.0 Å². The average molecular weight is 562 g/mol. The number of halogens is 2. The van der Waals surface area contributed by atoms with E-state index < -0.39 is 6.04 Å². The molecule has 5 nitrogen and oxygen atoms in total. The van der Waals surface area contributed by atoms with Crippen molar-refractivity contribution in [2.75, 3.05) is 18.0 Å². The molecule has 1 N–H and O–H groups in total. The van der Waals surface area contributed by atoms with Gasteiger partial charge in [-0.15, -0.1) is 11.3 Å². The van der Waals surface area contributed by atoms with Gasteiger partial charge < -0.3 is 15.1 Å². The largest absolute Gasteiger partial charge is 0.370 e. The van der Waals surface area contributed by atoms with Crippen LogP contribution in [0.2, 0.25) is 5.02 Å². The van der Waals surface area contributed by atoms with E-state index >= 15 is 0 Å². The van der Waals surface area contributed by atoms with Gasteiger partial charge in [-0.05, 0) is 58.8 Å². The number of thiophene rings is 1. The second-order valence-corrected chi connectivity index (χ2v) is 10.9. The lowest BCUT2D eigenvalue weighted by Crippen LogP contribution is -2.43. The topological polar surface area (TPSA) is 52.7 Å². The smallest absolute Gasteiger partial charge is 0.248 e. The van der Waals surface area contributed by atoms with E-state index in [1.54, 1.807) is 23.1 Å². The SMILES string of the molecule is O=C(NCc1ccc(F)cc1)C(c1cccs1)N(Cc1ccccc1Cl)C(=O)CCN1CCc2ccccc21. The number of carbonyl (C=O) groups is 2. The Morgan fingerprint density at radius 1 is 1.00 bits per heavy atom. The molecule has 2 amide bonds. The Kier molecular flexibility index (Phi) is 8.59. The molecule has 1 unspecified atom stereocenters. The molecule has 39 heavy (non-hydrogen) atoms. The van der Waals surface area contributed by atoms with Crippen molar-refractivity contribution in [1.29, 1.82) is 0 Å². The number of fused-ring (bicyclic) bond motifs is 1. The quantitative estimate of drug-likeness (QED) is 0.244. The summed E-state index contributed by atoms with van der Waals surface area (Å²) in [7, 11) is 0. The van der Waals surface area contributed by atoms with Crippen LogP contribution in [-0.4, -0.2) is 29.8 Å². The lowest BCUT2D eigenvalue weighted by Gasteiger charge is -2.32. The van der Waals surface area contributed by atoms with Crippen molar-refractivity contribution in [2.24, 2.45) is 0 Å². The summed E-state index contributed by atoms with van der Waals surface area (Å²) < 4.78 is 13.4. The third-order valence-corrected chi connectivity index (χ3v) is 8.24. The molecule has 2 heterocycles. The van der Waals surface area contributed by atoms with Crippen LogP contribution in [0.4, 0.5) is 10.1 Å². The molecule has 0 radical (unpaired) electrons. The monoisotopic (exact) mass is 561 g/mol. The fourth-order valence-electron chi connectivity index (χ4n) is 4.91. The number of anilines is 1. The zero-order valence-electron chi connectivity index (χ0n) is 21.4. The third-order valence-electron chi connectivity index (χ3n) is 6.95. The van der Waals surface area contributed by atoms with Gasteiger partial charge in [0.15, 0.2) is 0 Å². The van der Waals surface area contributed by atoms with Gasteiger partial charge in [-0.1, -0.05) is 66.2 Å². The second-order valence-electron chi connectivity index (χ2n) is 9.49. The van der Waals surface area contributed by atoms with Gasteiger partial charge in [-0.3, -0.25) is 9.59 Å². The fraction of sp³-hybridized carbons (Fsp3) is 0.226. The summed E-state index contributed by atoms with van der Waals surface area (Å²) in [6.07, 6.45) is 1.21. The summed E-state index contributed by atoms with van der Waals surface area (Å²) in [6, 6.07) is 24.6. The minimum Gasteiger partial charge on any atom is -0.370 e. The standard InChI is InChI=1S/C31H29ClFN3O2S/c32-26-8-3-1-7-24(26)21-36(29(37)16-18-35-17-15-23-6-2-4-9-27(23)35)30(28-10-5-19-39-28)31(38)34-20-22-11-13-25(33)14-12-22/h1-14,19,30H,15-18,20-21H2,(H,34,38). The first kappa shape index (κ1) is 26.9. The van der Waals surface area contributed by atoms with Crippen molar-refractivity contribution in [3.63, 3.8) is 0 Å². The van der Waals surface area contributed by atoms with Crippen molar-refractivity contribution in [2.45, 2.75) is 32.0 Å². The Balaban J connectivity index is 1.39. The van der Waals surface area contributed by atoms with Crippen LogP contribution >= 0.6 is 22.9 Å². The maximum atomic E-state index is 13.9.